The van der Waals surface area contributed by atoms with Crippen molar-refractivity contribution in [3.05, 3.63) is 54.1 Å². The van der Waals surface area contributed by atoms with E-state index < -0.39 is 20.1 Å². The molecule has 1 fully saturated rings. The average molecular weight is 532 g/mol. The maximum Gasteiger partial charge on any atom is 0.501 e. The summed E-state index contributed by atoms with van der Waals surface area (Å²) >= 11 is 0. The number of nitrogens with zero attached hydrogens (tertiary/aromatic N) is 3. The Kier molecular flexibility index (Phi) is 8.53. The minimum atomic E-state index is -4.58. The molecule has 0 spiro atoms. The zero-order valence-electron chi connectivity index (χ0n) is 22.2. The lowest BCUT2D eigenvalue weighted by Crippen LogP contribution is -2.44. The van der Waals surface area contributed by atoms with Gasteiger partial charge in [0.25, 0.3) is 5.82 Å². The van der Waals surface area contributed by atoms with Gasteiger partial charge in [-0.1, -0.05) is 51.2 Å². The smallest absolute Gasteiger partial charge is 0.341 e. The Morgan fingerprint density at radius 2 is 1.62 bits per heavy atom. The van der Waals surface area contributed by atoms with Crippen molar-refractivity contribution in [2.45, 2.75) is 83.5 Å². The van der Waals surface area contributed by atoms with Gasteiger partial charge in [-0.3, -0.25) is 4.98 Å². The molecule has 0 unspecified atom stereocenters. The van der Waals surface area contributed by atoms with Crippen LogP contribution in [0.3, 0.4) is 0 Å². The molecule has 0 saturated heterocycles. The Balaban J connectivity index is 1.45. The first kappa shape index (κ1) is 27.5. The molecule has 0 bridgehead atoms. The number of aromatic nitrogens is 4. The Labute approximate surface area is 218 Å². The Morgan fingerprint density at radius 3 is 2.19 bits per heavy atom. The minimum absolute atomic E-state index is 0.156. The van der Waals surface area contributed by atoms with Crippen LogP contribution in [0.2, 0.25) is 25.7 Å². The highest BCUT2D eigenvalue weighted by atomic mass is 28.3. The molecule has 1 saturated carbocycles. The van der Waals surface area contributed by atoms with Crippen molar-refractivity contribution in [1.29, 1.82) is 0 Å². The Morgan fingerprint density at radius 1 is 0.973 bits per heavy atom. The number of alkyl halides is 3. The Bertz CT molecular complexity index is 1150. The van der Waals surface area contributed by atoms with Crippen molar-refractivity contribution in [2.24, 2.45) is 5.92 Å². The van der Waals surface area contributed by atoms with Crippen LogP contribution in [0, 0.1) is 5.92 Å². The fourth-order valence-electron chi connectivity index (χ4n) is 4.85. The molecule has 200 valence electrons. The highest BCUT2D eigenvalue weighted by Crippen LogP contribution is 2.36. The molecule has 9 heteroatoms. The minimum Gasteiger partial charge on any atom is -0.341 e. The van der Waals surface area contributed by atoms with Gasteiger partial charge in [-0.25, -0.2) is 0 Å². The zero-order valence-corrected chi connectivity index (χ0v) is 23.2. The lowest BCUT2D eigenvalue weighted by Gasteiger charge is -2.27. The van der Waals surface area contributed by atoms with E-state index in [0.717, 1.165) is 33.5 Å². The van der Waals surface area contributed by atoms with Gasteiger partial charge < -0.3 is 4.74 Å². The van der Waals surface area contributed by atoms with E-state index in [2.05, 4.69) is 48.8 Å². The molecule has 1 N–H and O–H groups in total. The predicted octanol–water partition coefficient (Wildman–Crippen LogP) is 7.44. The van der Waals surface area contributed by atoms with Gasteiger partial charge in [0.15, 0.2) is 0 Å². The number of hydrogen-bond acceptors (Lipinski definition) is 3. The van der Waals surface area contributed by atoms with Crippen LogP contribution in [0.25, 0.3) is 22.5 Å². The first-order chi connectivity index (χ1) is 17.5. The second-order valence-corrected chi connectivity index (χ2v) is 17.0. The van der Waals surface area contributed by atoms with Gasteiger partial charge in [-0.05, 0) is 66.4 Å². The number of aromatic amines is 1. The number of H-pyrrole nitrogens is 1. The van der Waals surface area contributed by atoms with Crippen LogP contribution in [-0.4, -0.2) is 29.7 Å². The van der Waals surface area contributed by atoms with E-state index in [1.807, 2.05) is 18.3 Å². The quantitative estimate of drug-likeness (QED) is 0.177. The summed E-state index contributed by atoms with van der Waals surface area (Å²) in [6, 6.07) is 12.4. The molecule has 5 nitrogen and oxygen atoms in total. The van der Waals surface area contributed by atoms with Crippen LogP contribution in [0.15, 0.2) is 42.6 Å². The molecule has 0 radical (unpaired) electrons. The average Bonchev–Trinajstić information content (AvgIpc) is 3.31. The first-order valence-corrected chi connectivity index (χ1v) is 17.0. The third kappa shape index (κ3) is 7.28. The van der Waals surface area contributed by atoms with Crippen LogP contribution in [0.1, 0.15) is 56.5 Å². The lowest BCUT2D eigenvalue weighted by molar-refractivity contribution is -0.796. The topological polar surface area (TPSA) is 54.7 Å². The highest BCUT2D eigenvalue weighted by molar-refractivity contribution is 6.76. The van der Waals surface area contributed by atoms with Crippen LogP contribution in [0.4, 0.5) is 13.2 Å². The van der Waals surface area contributed by atoms with E-state index in [0.29, 0.717) is 18.1 Å². The van der Waals surface area contributed by atoms with E-state index >= 15 is 0 Å². The predicted molar refractivity (Wildman–Crippen MR) is 142 cm³/mol. The molecule has 0 atom stereocenters. The van der Waals surface area contributed by atoms with E-state index in [1.165, 1.54) is 32.1 Å². The summed E-state index contributed by atoms with van der Waals surface area (Å²) in [4.78, 5) is 8.60. The summed E-state index contributed by atoms with van der Waals surface area (Å²) in [7, 11) is -1.33. The molecule has 4 rings (SSSR count). The number of nitrogens with one attached hydrogen (secondary N) is 1. The standard InChI is InChI=1S/C28H37F3N4OSi/c1-5-20-6-8-22(9-7-20)25-15-14-24(18-32-25)21-10-12-23(13-11-21)26-33-27(28(29,30)31)35(34-26)19-36-16-17-37(2,3)4/h10-15,18,20,22H,5-9,16-17,19H2,1-4H3/p+1. The van der Waals surface area contributed by atoms with Crippen molar-refractivity contribution >= 4 is 8.07 Å². The third-order valence-electron chi connectivity index (χ3n) is 7.30. The summed E-state index contributed by atoms with van der Waals surface area (Å²) in [6.45, 7) is 9.08. The number of benzene rings is 1. The van der Waals surface area contributed by atoms with Crippen molar-refractivity contribution in [2.75, 3.05) is 6.61 Å². The fourth-order valence-corrected chi connectivity index (χ4v) is 5.61. The molecule has 37 heavy (non-hydrogen) atoms. The summed E-state index contributed by atoms with van der Waals surface area (Å²) in [5.74, 6) is 0.552. The second kappa shape index (κ2) is 11.5. The molecule has 0 aliphatic heterocycles. The van der Waals surface area contributed by atoms with Crippen molar-refractivity contribution in [3.8, 4) is 22.5 Å². The molecule has 1 aromatic carbocycles. The number of halogens is 3. The summed E-state index contributed by atoms with van der Waals surface area (Å²) in [6.07, 6.45) is 3.53. The van der Waals surface area contributed by atoms with Crippen LogP contribution in [0.5, 0.6) is 0 Å². The number of ether oxygens (including phenoxy) is 1. The first-order valence-electron chi connectivity index (χ1n) is 13.2. The normalized spacial score (nSPS) is 18.8. The molecule has 1 aliphatic rings. The highest BCUT2D eigenvalue weighted by Gasteiger charge is 2.46. The lowest BCUT2D eigenvalue weighted by atomic mass is 9.79. The van der Waals surface area contributed by atoms with Crippen LogP contribution >= 0.6 is 0 Å². The molecule has 2 heterocycles. The maximum atomic E-state index is 13.6. The fraction of sp³-hybridized carbons (Fsp3) is 0.536. The van der Waals surface area contributed by atoms with Crippen LogP contribution in [-0.2, 0) is 17.6 Å². The molecule has 2 aromatic heterocycles. The van der Waals surface area contributed by atoms with Gasteiger partial charge in [0, 0.05) is 43.6 Å². The number of pyridine rings is 1. The maximum absolute atomic E-state index is 13.6. The molecular weight excluding hydrogens is 493 g/mol. The van der Waals surface area contributed by atoms with E-state index in [-0.39, 0.29) is 12.6 Å². The van der Waals surface area contributed by atoms with E-state index in [1.54, 1.807) is 12.1 Å². The van der Waals surface area contributed by atoms with Gasteiger partial charge >= 0.3 is 12.0 Å². The number of hydrogen-bond donors (Lipinski definition) is 1. The van der Waals surface area contributed by atoms with Gasteiger partial charge in [0.05, 0.1) is 0 Å². The van der Waals surface area contributed by atoms with Gasteiger partial charge in [0.1, 0.15) is 0 Å². The van der Waals surface area contributed by atoms with E-state index in [4.69, 9.17) is 9.72 Å². The summed E-state index contributed by atoms with van der Waals surface area (Å²) < 4.78 is 47.3. The van der Waals surface area contributed by atoms with Crippen molar-refractivity contribution < 1.29 is 22.6 Å². The summed E-state index contributed by atoms with van der Waals surface area (Å²) in [5.41, 5.74) is 3.68. The zero-order chi connectivity index (χ0) is 26.6. The Hall–Kier alpha value is -2.52. The molecule has 3 aromatic rings. The molecule has 1 aliphatic carbocycles. The van der Waals surface area contributed by atoms with Gasteiger partial charge in [-0.2, -0.15) is 18.3 Å². The molecule has 0 amide bonds. The third-order valence-corrected chi connectivity index (χ3v) is 9.01. The van der Waals surface area contributed by atoms with Crippen molar-refractivity contribution in [1.82, 2.24) is 15.1 Å². The van der Waals surface area contributed by atoms with Gasteiger partial charge in [0.2, 0.25) is 6.73 Å². The largest absolute Gasteiger partial charge is 0.501 e. The van der Waals surface area contributed by atoms with Gasteiger partial charge in [-0.15, -0.1) is 4.68 Å². The van der Waals surface area contributed by atoms with Crippen molar-refractivity contribution in [3.63, 3.8) is 0 Å². The SMILES string of the molecule is CCC1CCC(c2ccc(-c3ccc(-c4nc(C(F)(F)F)[n+](COCC[Si](C)(C)C)[nH]4)cc3)cn2)CC1. The van der Waals surface area contributed by atoms with Crippen LogP contribution < -0.4 is 4.68 Å². The number of rotatable bonds is 9. The summed E-state index contributed by atoms with van der Waals surface area (Å²) in [5, 5.41) is 2.77. The second-order valence-electron chi connectivity index (χ2n) is 11.3. The van der Waals surface area contributed by atoms with E-state index in [9.17, 15) is 13.2 Å². The molecular formula is C28H38F3N4OSi+. The monoisotopic (exact) mass is 531 g/mol.